The number of carboxylic acid groups (broad SMARTS) is 1. The minimum Gasteiger partial charge on any atom is -0.511 e. The van der Waals surface area contributed by atoms with Gasteiger partial charge in [-0.05, 0) is 31.6 Å². The Bertz CT molecular complexity index is 678. The van der Waals surface area contributed by atoms with Crippen LogP contribution in [0.1, 0.15) is 52.9 Å². The van der Waals surface area contributed by atoms with Gasteiger partial charge in [0, 0.05) is 25.1 Å². The van der Waals surface area contributed by atoms with E-state index < -0.39 is 18.1 Å². The summed E-state index contributed by atoms with van der Waals surface area (Å²) >= 11 is 0. The standard InChI is InChI=1S/C20H30N2O6/c1-5-10-28-19(27)21-9-7-6-8-14(18(25)26)22-13(2)17-15(23)11-20(3,4)12-16(17)24/h5,14,23H,1,6-12H2,2-4H3,(H,21,27)(H,25,26). The summed E-state index contributed by atoms with van der Waals surface area (Å²) in [5.74, 6) is -1.35. The van der Waals surface area contributed by atoms with Crippen LogP contribution in [0, 0.1) is 5.41 Å². The maximum atomic E-state index is 12.3. The second-order valence-electron chi connectivity index (χ2n) is 7.64. The number of ether oxygens (including phenoxy) is 1. The molecule has 1 unspecified atom stereocenters. The largest absolute Gasteiger partial charge is 0.511 e. The highest BCUT2D eigenvalue weighted by molar-refractivity contribution is 6.22. The quantitative estimate of drug-likeness (QED) is 0.297. The van der Waals surface area contributed by atoms with Crippen molar-refractivity contribution >= 4 is 23.6 Å². The number of allylic oxidation sites excluding steroid dienone is 2. The Morgan fingerprint density at radius 2 is 2.04 bits per heavy atom. The van der Waals surface area contributed by atoms with Gasteiger partial charge in [0.2, 0.25) is 0 Å². The van der Waals surface area contributed by atoms with Gasteiger partial charge in [-0.15, -0.1) is 0 Å². The number of ketones is 1. The van der Waals surface area contributed by atoms with Crippen molar-refractivity contribution in [1.82, 2.24) is 5.32 Å². The Morgan fingerprint density at radius 1 is 1.36 bits per heavy atom. The van der Waals surface area contributed by atoms with Crippen LogP contribution in [-0.4, -0.2) is 53.0 Å². The summed E-state index contributed by atoms with van der Waals surface area (Å²) in [7, 11) is 0. The first-order chi connectivity index (χ1) is 13.1. The van der Waals surface area contributed by atoms with Crippen molar-refractivity contribution in [2.45, 2.75) is 58.9 Å². The topological polar surface area (TPSA) is 125 Å². The van der Waals surface area contributed by atoms with Gasteiger partial charge in [-0.3, -0.25) is 9.79 Å². The highest BCUT2D eigenvalue weighted by Crippen LogP contribution is 2.36. The number of carbonyl (C=O) groups excluding carboxylic acids is 2. The number of alkyl carbamates (subject to hydrolysis) is 1. The number of hydrogen-bond donors (Lipinski definition) is 3. The molecule has 0 aromatic carbocycles. The molecule has 0 aliphatic heterocycles. The van der Waals surface area contributed by atoms with E-state index in [2.05, 4.69) is 16.9 Å². The number of unbranched alkanes of at least 4 members (excludes halogenated alkanes) is 1. The summed E-state index contributed by atoms with van der Waals surface area (Å²) in [5.41, 5.74) is 0.0606. The van der Waals surface area contributed by atoms with Gasteiger partial charge in [0.1, 0.15) is 18.4 Å². The van der Waals surface area contributed by atoms with E-state index in [-0.39, 0.29) is 47.7 Å². The van der Waals surface area contributed by atoms with Crippen LogP contribution in [0.3, 0.4) is 0 Å². The lowest BCUT2D eigenvalue weighted by Gasteiger charge is -2.29. The van der Waals surface area contributed by atoms with Crippen molar-refractivity contribution in [2.24, 2.45) is 10.4 Å². The number of amides is 1. The molecule has 156 valence electrons. The number of aliphatic imine (C=N–C) groups is 1. The molecule has 0 aromatic heterocycles. The van der Waals surface area contributed by atoms with E-state index in [1.807, 2.05) is 13.8 Å². The van der Waals surface area contributed by atoms with Gasteiger partial charge in [0.05, 0.1) is 5.57 Å². The van der Waals surface area contributed by atoms with Crippen LogP contribution >= 0.6 is 0 Å². The molecular formula is C20H30N2O6. The van der Waals surface area contributed by atoms with Crippen LogP contribution in [0.25, 0.3) is 0 Å². The first-order valence-corrected chi connectivity index (χ1v) is 9.32. The minimum absolute atomic E-state index is 0.0334. The van der Waals surface area contributed by atoms with Crippen molar-refractivity contribution < 1.29 is 29.3 Å². The Kier molecular flexibility index (Phi) is 8.88. The predicted molar refractivity (Wildman–Crippen MR) is 106 cm³/mol. The molecule has 0 radical (unpaired) electrons. The van der Waals surface area contributed by atoms with Gasteiger partial charge in [-0.25, -0.2) is 9.59 Å². The smallest absolute Gasteiger partial charge is 0.407 e. The summed E-state index contributed by atoms with van der Waals surface area (Å²) in [6, 6.07) is -1.02. The highest BCUT2D eigenvalue weighted by atomic mass is 16.5. The monoisotopic (exact) mass is 394 g/mol. The van der Waals surface area contributed by atoms with Crippen molar-refractivity contribution in [1.29, 1.82) is 0 Å². The number of aliphatic hydroxyl groups is 1. The van der Waals surface area contributed by atoms with E-state index in [4.69, 9.17) is 4.74 Å². The minimum atomic E-state index is -1.10. The molecule has 1 rings (SSSR count). The number of nitrogens with one attached hydrogen (secondary N) is 1. The van der Waals surface area contributed by atoms with Crippen LogP contribution in [0.4, 0.5) is 4.79 Å². The van der Waals surface area contributed by atoms with Crippen LogP contribution in [-0.2, 0) is 14.3 Å². The second-order valence-corrected chi connectivity index (χ2v) is 7.64. The average molecular weight is 394 g/mol. The molecule has 0 saturated heterocycles. The molecule has 8 nitrogen and oxygen atoms in total. The normalized spacial score (nSPS) is 17.8. The van der Waals surface area contributed by atoms with E-state index >= 15 is 0 Å². The van der Waals surface area contributed by atoms with Crippen molar-refractivity contribution in [3.8, 4) is 0 Å². The molecule has 0 spiro atoms. The molecule has 0 bridgehead atoms. The van der Waals surface area contributed by atoms with Gasteiger partial charge in [-0.2, -0.15) is 0 Å². The molecule has 0 saturated carbocycles. The summed E-state index contributed by atoms with van der Waals surface area (Å²) in [6.07, 6.45) is 2.87. The highest BCUT2D eigenvalue weighted by Gasteiger charge is 2.34. The third-order valence-corrected chi connectivity index (χ3v) is 4.35. The van der Waals surface area contributed by atoms with E-state index in [1.54, 1.807) is 6.92 Å². The SMILES string of the molecule is C=CCOC(=O)NCCCCC(N=C(C)C1=C(O)CC(C)(C)CC1=O)C(=O)O. The van der Waals surface area contributed by atoms with Crippen LogP contribution in [0.2, 0.25) is 0 Å². The first-order valence-electron chi connectivity index (χ1n) is 9.32. The molecule has 8 heteroatoms. The second kappa shape index (κ2) is 10.6. The molecule has 1 amide bonds. The molecular weight excluding hydrogens is 364 g/mol. The lowest BCUT2D eigenvalue weighted by molar-refractivity contribution is -0.138. The lowest BCUT2D eigenvalue weighted by Crippen LogP contribution is -2.29. The number of hydrogen-bond acceptors (Lipinski definition) is 6. The third kappa shape index (κ3) is 7.54. The molecule has 0 aromatic rings. The number of rotatable bonds is 10. The molecule has 28 heavy (non-hydrogen) atoms. The third-order valence-electron chi connectivity index (χ3n) is 4.35. The number of nitrogens with zero attached hydrogens (tertiary/aromatic N) is 1. The number of carboxylic acids is 1. The fraction of sp³-hybridized carbons (Fsp3) is 0.600. The Hall–Kier alpha value is -2.64. The number of carbonyl (C=O) groups is 3. The molecule has 1 aliphatic carbocycles. The van der Waals surface area contributed by atoms with Gasteiger partial charge in [0.25, 0.3) is 0 Å². The summed E-state index contributed by atoms with van der Waals surface area (Å²) in [6.45, 7) is 9.25. The lowest BCUT2D eigenvalue weighted by atomic mass is 9.75. The maximum Gasteiger partial charge on any atom is 0.407 e. The van der Waals surface area contributed by atoms with Crippen molar-refractivity contribution in [3.05, 3.63) is 24.0 Å². The van der Waals surface area contributed by atoms with Crippen LogP contribution in [0.5, 0.6) is 0 Å². The first kappa shape index (κ1) is 23.4. The summed E-state index contributed by atoms with van der Waals surface area (Å²) in [5, 5.41) is 22.2. The number of Topliss-reactive ketones (excluding diaryl/α,β-unsaturated/α-hetero) is 1. The zero-order valence-electron chi connectivity index (χ0n) is 16.8. The fourth-order valence-electron chi connectivity index (χ4n) is 3.08. The summed E-state index contributed by atoms with van der Waals surface area (Å²) in [4.78, 5) is 39.3. The summed E-state index contributed by atoms with van der Waals surface area (Å²) < 4.78 is 4.77. The maximum absolute atomic E-state index is 12.3. The van der Waals surface area contributed by atoms with Crippen LogP contribution in [0.15, 0.2) is 29.0 Å². The van der Waals surface area contributed by atoms with E-state index in [0.29, 0.717) is 25.8 Å². The predicted octanol–water partition coefficient (Wildman–Crippen LogP) is 3.18. The van der Waals surface area contributed by atoms with E-state index in [1.165, 1.54) is 6.08 Å². The van der Waals surface area contributed by atoms with E-state index in [9.17, 15) is 24.6 Å². The average Bonchev–Trinajstić information content (AvgIpc) is 2.56. The zero-order valence-corrected chi connectivity index (χ0v) is 16.8. The molecule has 1 atom stereocenters. The Morgan fingerprint density at radius 3 is 2.61 bits per heavy atom. The van der Waals surface area contributed by atoms with Crippen LogP contribution < -0.4 is 5.32 Å². The van der Waals surface area contributed by atoms with Crippen molar-refractivity contribution in [2.75, 3.05) is 13.2 Å². The molecule has 1 aliphatic rings. The van der Waals surface area contributed by atoms with Gasteiger partial charge in [-0.1, -0.05) is 26.5 Å². The molecule has 0 fully saturated rings. The van der Waals surface area contributed by atoms with Gasteiger partial charge in [0.15, 0.2) is 5.78 Å². The van der Waals surface area contributed by atoms with Gasteiger partial charge >= 0.3 is 12.1 Å². The molecule has 3 N–H and O–H groups in total. The zero-order chi connectivity index (χ0) is 21.3. The molecule has 0 heterocycles. The number of aliphatic carboxylic acids is 1. The Labute approximate surface area is 165 Å². The Balaban J connectivity index is 2.64. The van der Waals surface area contributed by atoms with Gasteiger partial charge < -0.3 is 20.3 Å². The van der Waals surface area contributed by atoms with Crippen molar-refractivity contribution in [3.63, 3.8) is 0 Å². The number of aliphatic hydroxyl groups excluding tert-OH is 1. The fourth-order valence-corrected chi connectivity index (χ4v) is 3.08. The van der Waals surface area contributed by atoms with E-state index in [0.717, 1.165) is 0 Å².